The number of aliphatic imine (C=N–C) groups is 1. The molecular formula is C31H32N4O2. The molecule has 1 aromatic heterocycles. The number of carbonyl (C=O) groups excluding carboxylic acids is 1. The molecule has 5 rings (SSSR count). The minimum atomic E-state index is -0.517. The van der Waals surface area contributed by atoms with Gasteiger partial charge in [0.2, 0.25) is 5.88 Å². The summed E-state index contributed by atoms with van der Waals surface area (Å²) in [6.07, 6.45) is 8.54. The highest BCUT2D eigenvalue weighted by atomic mass is 16.5. The second-order valence-electron chi connectivity index (χ2n) is 10.1. The molecule has 37 heavy (non-hydrogen) atoms. The van der Waals surface area contributed by atoms with Crippen molar-refractivity contribution in [2.75, 3.05) is 0 Å². The molecule has 188 valence electrons. The Hall–Kier alpha value is -3.98. The molecule has 1 amide bonds. The molecule has 1 fully saturated rings. The van der Waals surface area contributed by atoms with Crippen LogP contribution in [-0.4, -0.2) is 27.2 Å². The van der Waals surface area contributed by atoms with Crippen molar-refractivity contribution in [2.24, 2.45) is 4.99 Å². The number of amides is 1. The summed E-state index contributed by atoms with van der Waals surface area (Å²) in [5, 5.41) is 9.71. The van der Waals surface area contributed by atoms with Crippen molar-refractivity contribution in [3.05, 3.63) is 77.5 Å². The lowest BCUT2D eigenvalue weighted by Gasteiger charge is -2.23. The van der Waals surface area contributed by atoms with Crippen LogP contribution in [-0.2, 0) is 11.3 Å². The SMILES string of the molecule is CCCCC1=NC2(CCCC2)C(=O)N1Cc1ccc(-c2cc(Oc3cc(C)ccn3)ccc2C#N)cc1. The van der Waals surface area contributed by atoms with Gasteiger partial charge in [-0.15, -0.1) is 0 Å². The van der Waals surface area contributed by atoms with Gasteiger partial charge in [0.25, 0.3) is 5.91 Å². The summed E-state index contributed by atoms with van der Waals surface area (Å²) in [7, 11) is 0. The Balaban J connectivity index is 1.37. The lowest BCUT2D eigenvalue weighted by molar-refractivity contribution is -0.131. The molecule has 2 heterocycles. The van der Waals surface area contributed by atoms with E-state index in [1.165, 1.54) is 0 Å². The fourth-order valence-corrected chi connectivity index (χ4v) is 5.28. The fraction of sp³-hybridized carbons (Fsp3) is 0.355. The van der Waals surface area contributed by atoms with Gasteiger partial charge < -0.3 is 4.74 Å². The van der Waals surface area contributed by atoms with Crippen molar-refractivity contribution in [2.45, 2.75) is 70.9 Å². The van der Waals surface area contributed by atoms with Gasteiger partial charge in [0.15, 0.2) is 0 Å². The van der Waals surface area contributed by atoms with Crippen molar-refractivity contribution in [1.29, 1.82) is 5.26 Å². The number of aryl methyl sites for hydroxylation is 1. The molecule has 6 heteroatoms. The molecule has 0 bridgehead atoms. The van der Waals surface area contributed by atoms with Crippen LogP contribution in [0, 0.1) is 18.3 Å². The van der Waals surface area contributed by atoms with Crippen LogP contribution in [0.3, 0.4) is 0 Å². The van der Waals surface area contributed by atoms with E-state index < -0.39 is 5.54 Å². The average molecular weight is 493 g/mol. The number of rotatable bonds is 8. The van der Waals surface area contributed by atoms with Gasteiger partial charge in [0, 0.05) is 24.2 Å². The zero-order valence-corrected chi connectivity index (χ0v) is 21.5. The number of nitrogens with zero attached hydrogens (tertiary/aromatic N) is 4. The zero-order valence-electron chi connectivity index (χ0n) is 21.5. The van der Waals surface area contributed by atoms with Crippen molar-refractivity contribution < 1.29 is 9.53 Å². The molecule has 1 aliphatic carbocycles. The van der Waals surface area contributed by atoms with E-state index in [0.717, 1.165) is 73.0 Å². The molecule has 2 aliphatic rings. The van der Waals surface area contributed by atoms with E-state index in [9.17, 15) is 10.1 Å². The minimum Gasteiger partial charge on any atom is -0.439 e. The molecule has 2 aromatic carbocycles. The van der Waals surface area contributed by atoms with Gasteiger partial charge >= 0.3 is 0 Å². The smallest absolute Gasteiger partial charge is 0.256 e. The third-order valence-electron chi connectivity index (χ3n) is 7.31. The van der Waals surface area contributed by atoms with E-state index >= 15 is 0 Å². The van der Waals surface area contributed by atoms with E-state index in [1.54, 1.807) is 18.3 Å². The Bertz CT molecular complexity index is 1360. The molecule has 1 spiro atoms. The number of hydrogen-bond donors (Lipinski definition) is 0. The summed E-state index contributed by atoms with van der Waals surface area (Å²) < 4.78 is 5.96. The number of unbranched alkanes of at least 4 members (excludes halogenated alkanes) is 1. The first-order valence-electron chi connectivity index (χ1n) is 13.2. The van der Waals surface area contributed by atoms with Gasteiger partial charge in [-0.1, -0.05) is 50.5 Å². The lowest BCUT2D eigenvalue weighted by atomic mass is 9.97. The van der Waals surface area contributed by atoms with Gasteiger partial charge in [-0.3, -0.25) is 14.7 Å². The first-order chi connectivity index (χ1) is 18.0. The molecule has 6 nitrogen and oxygen atoms in total. The monoisotopic (exact) mass is 492 g/mol. The topological polar surface area (TPSA) is 78.6 Å². The summed E-state index contributed by atoms with van der Waals surface area (Å²) >= 11 is 0. The number of hydrogen-bond acceptors (Lipinski definition) is 5. The van der Waals surface area contributed by atoms with Crippen LogP contribution in [0.1, 0.15) is 68.6 Å². The van der Waals surface area contributed by atoms with Crippen LogP contribution >= 0.6 is 0 Å². The largest absolute Gasteiger partial charge is 0.439 e. The Kier molecular flexibility index (Phi) is 7.05. The van der Waals surface area contributed by atoms with Crippen molar-refractivity contribution in [3.63, 3.8) is 0 Å². The summed E-state index contributed by atoms with van der Waals surface area (Å²) in [5.41, 5.74) is 3.88. The molecule has 1 saturated carbocycles. The number of amidine groups is 1. The average Bonchev–Trinajstić information content (AvgIpc) is 3.48. The second-order valence-corrected chi connectivity index (χ2v) is 10.1. The summed E-state index contributed by atoms with van der Waals surface area (Å²) in [6, 6.07) is 19.6. The summed E-state index contributed by atoms with van der Waals surface area (Å²) in [5.74, 6) is 2.25. The highest BCUT2D eigenvalue weighted by Crippen LogP contribution is 2.40. The van der Waals surface area contributed by atoms with Crippen LogP contribution in [0.25, 0.3) is 11.1 Å². The maximum absolute atomic E-state index is 13.4. The standard InChI is InChI=1S/C31H32N4O2/c1-3-4-7-28-34-31(15-5-6-16-31)30(36)35(28)21-23-8-10-24(11-9-23)27-19-26(13-12-25(27)20-32)37-29-18-22(2)14-17-33-29/h8-14,17-19H,3-7,15-16,21H2,1-2H3. The Morgan fingerprint density at radius 1 is 1.08 bits per heavy atom. The predicted molar refractivity (Wildman–Crippen MR) is 144 cm³/mol. The number of carbonyl (C=O) groups is 1. The van der Waals surface area contributed by atoms with E-state index in [1.807, 2.05) is 54.3 Å². The van der Waals surface area contributed by atoms with Crippen LogP contribution in [0.15, 0.2) is 65.8 Å². The van der Waals surface area contributed by atoms with E-state index in [4.69, 9.17) is 9.73 Å². The number of pyridine rings is 1. The van der Waals surface area contributed by atoms with Gasteiger partial charge in [0.1, 0.15) is 17.1 Å². The first kappa shape index (κ1) is 24.7. The van der Waals surface area contributed by atoms with Crippen molar-refractivity contribution in [1.82, 2.24) is 9.88 Å². The Morgan fingerprint density at radius 3 is 2.57 bits per heavy atom. The van der Waals surface area contributed by atoms with Gasteiger partial charge in [0.05, 0.1) is 18.2 Å². The lowest BCUT2D eigenvalue weighted by Crippen LogP contribution is -2.40. The number of ether oxygens (including phenoxy) is 1. The molecule has 0 N–H and O–H groups in total. The highest BCUT2D eigenvalue weighted by molar-refractivity contribution is 6.08. The van der Waals surface area contributed by atoms with Gasteiger partial charge in [-0.2, -0.15) is 5.26 Å². The first-order valence-corrected chi connectivity index (χ1v) is 13.2. The molecular weight excluding hydrogens is 460 g/mol. The molecule has 0 saturated heterocycles. The van der Waals surface area contributed by atoms with Crippen LogP contribution in [0.5, 0.6) is 11.6 Å². The summed E-state index contributed by atoms with van der Waals surface area (Å²) in [4.78, 5) is 24.6. The number of benzene rings is 2. The maximum Gasteiger partial charge on any atom is 0.256 e. The zero-order chi connectivity index (χ0) is 25.8. The molecule has 1 aliphatic heterocycles. The van der Waals surface area contributed by atoms with Gasteiger partial charge in [-0.25, -0.2) is 4.98 Å². The molecule has 0 atom stereocenters. The quantitative estimate of drug-likeness (QED) is 0.340. The third kappa shape index (κ3) is 5.13. The molecule has 3 aromatic rings. The van der Waals surface area contributed by atoms with Crippen molar-refractivity contribution in [3.8, 4) is 28.8 Å². The predicted octanol–water partition coefficient (Wildman–Crippen LogP) is 6.96. The van der Waals surface area contributed by atoms with Gasteiger partial charge in [-0.05, 0) is 67.1 Å². The minimum absolute atomic E-state index is 0.168. The second kappa shape index (κ2) is 10.6. The molecule has 0 radical (unpaired) electrons. The maximum atomic E-state index is 13.4. The van der Waals surface area contributed by atoms with Crippen LogP contribution < -0.4 is 4.74 Å². The van der Waals surface area contributed by atoms with Crippen LogP contribution in [0.4, 0.5) is 0 Å². The highest BCUT2D eigenvalue weighted by Gasteiger charge is 2.49. The summed E-state index contributed by atoms with van der Waals surface area (Å²) in [6.45, 7) is 4.68. The Labute approximate surface area is 218 Å². The fourth-order valence-electron chi connectivity index (χ4n) is 5.28. The van der Waals surface area contributed by atoms with Crippen LogP contribution in [0.2, 0.25) is 0 Å². The third-order valence-corrected chi connectivity index (χ3v) is 7.31. The van der Waals surface area contributed by atoms with E-state index in [0.29, 0.717) is 23.7 Å². The Morgan fingerprint density at radius 2 is 1.86 bits per heavy atom. The van der Waals surface area contributed by atoms with E-state index in [-0.39, 0.29) is 5.91 Å². The normalized spacial score (nSPS) is 16.2. The number of nitriles is 1. The number of aromatic nitrogens is 1. The molecule has 0 unspecified atom stereocenters. The van der Waals surface area contributed by atoms with E-state index in [2.05, 4.69) is 18.0 Å². The van der Waals surface area contributed by atoms with Crippen molar-refractivity contribution >= 4 is 11.7 Å².